The summed E-state index contributed by atoms with van der Waals surface area (Å²) in [5.41, 5.74) is 12.8. The number of nitrogens with two attached hydrogens (primary N) is 2. The van der Waals surface area contributed by atoms with Crippen LogP contribution in [-0.2, 0) is 0 Å². The smallest absolute Gasteiger partial charge is 0.403 e. The van der Waals surface area contributed by atoms with Gasteiger partial charge in [0.25, 0.3) is 0 Å². The van der Waals surface area contributed by atoms with Gasteiger partial charge in [-0.1, -0.05) is 0 Å². The molecule has 0 bridgehead atoms. The van der Waals surface area contributed by atoms with Gasteiger partial charge < -0.3 is 20.9 Å². The first-order chi connectivity index (χ1) is 9.32. The number of nitrogens with zero attached hydrogens (tertiary/aromatic N) is 1. The van der Waals surface area contributed by atoms with Crippen molar-refractivity contribution in [3.63, 3.8) is 0 Å². The molecule has 7 heteroatoms. The molecule has 0 aliphatic carbocycles. The van der Waals surface area contributed by atoms with Crippen LogP contribution in [-0.4, -0.2) is 18.6 Å². The molecular weight excluding hydrogens is 268 g/mol. The van der Waals surface area contributed by atoms with E-state index in [4.69, 9.17) is 11.5 Å². The third-order valence-corrected chi connectivity index (χ3v) is 2.63. The molecule has 1 unspecified atom stereocenters. The number of halogens is 2. The number of hydrogen-bond donors (Lipinski definition) is 2. The number of benzene rings is 1. The Labute approximate surface area is 114 Å². The lowest BCUT2D eigenvalue weighted by atomic mass is 10.1. The van der Waals surface area contributed by atoms with Crippen molar-refractivity contribution < 1.29 is 18.3 Å². The number of ether oxygens (including phenoxy) is 2. The maximum atomic E-state index is 13.0. The van der Waals surface area contributed by atoms with Gasteiger partial charge in [-0.25, -0.2) is 0 Å². The van der Waals surface area contributed by atoms with E-state index in [2.05, 4.69) is 14.5 Å². The minimum absolute atomic E-state index is 0.0104. The Kier molecular flexibility index (Phi) is 3.63. The summed E-state index contributed by atoms with van der Waals surface area (Å²) in [5, 5.41) is 0. The summed E-state index contributed by atoms with van der Waals surface area (Å²) in [6, 6.07) is 2.63. The van der Waals surface area contributed by atoms with Gasteiger partial charge in [0.2, 0.25) is 0 Å². The van der Waals surface area contributed by atoms with Gasteiger partial charge in [0, 0.05) is 24.0 Å². The topological polar surface area (TPSA) is 82.9 Å². The Hall–Kier alpha value is -2.15. The molecule has 1 aromatic carbocycles. The van der Waals surface area contributed by atoms with Crippen LogP contribution in [0.1, 0.15) is 18.1 Å². The lowest BCUT2D eigenvalue weighted by Crippen LogP contribution is -2.25. The quantitative estimate of drug-likeness (QED) is 0.831. The molecule has 20 heavy (non-hydrogen) atoms. The van der Waals surface area contributed by atoms with E-state index in [9.17, 15) is 8.78 Å². The van der Waals surface area contributed by atoms with Gasteiger partial charge in [-0.05, 0) is 31.5 Å². The van der Waals surface area contributed by atoms with Gasteiger partial charge >= 0.3 is 6.29 Å². The second-order valence-electron chi connectivity index (χ2n) is 4.47. The number of fused-ring (bicyclic) bond motifs is 1. The van der Waals surface area contributed by atoms with E-state index in [0.717, 1.165) is 0 Å². The molecule has 0 spiro atoms. The van der Waals surface area contributed by atoms with Crippen LogP contribution in [0.4, 0.5) is 8.78 Å². The average Bonchev–Trinajstić information content (AvgIpc) is 2.62. The Morgan fingerprint density at radius 1 is 1.35 bits per heavy atom. The van der Waals surface area contributed by atoms with E-state index < -0.39 is 6.29 Å². The standard InChI is InChI=1S/C13H15F2N3O2/c1-7-3-11-12(20-13(14,15)19-11)4-9(7)10(5-16)18-6-8(2)17/h3-6,8H,16-17H2,1-2H3/b10-5-,18-6?. The third-order valence-electron chi connectivity index (χ3n) is 2.63. The van der Waals surface area contributed by atoms with Gasteiger partial charge in [-0.15, -0.1) is 8.78 Å². The summed E-state index contributed by atoms with van der Waals surface area (Å²) in [4.78, 5) is 4.14. The second-order valence-corrected chi connectivity index (χ2v) is 4.47. The third kappa shape index (κ3) is 2.88. The summed E-state index contributed by atoms with van der Waals surface area (Å²) >= 11 is 0. The molecule has 0 saturated heterocycles. The SMILES string of the molecule is Cc1cc2c(cc1/C(=C/N)N=CC(C)N)OC(F)(F)O2. The molecule has 2 rings (SSSR count). The van der Waals surface area contributed by atoms with Crippen molar-refractivity contribution in [1.82, 2.24) is 0 Å². The highest BCUT2D eigenvalue weighted by Crippen LogP contribution is 2.43. The highest BCUT2D eigenvalue weighted by atomic mass is 19.3. The normalized spacial score (nSPS) is 18.6. The van der Waals surface area contributed by atoms with E-state index in [0.29, 0.717) is 16.8 Å². The highest BCUT2D eigenvalue weighted by Gasteiger charge is 2.43. The van der Waals surface area contributed by atoms with E-state index in [-0.39, 0.29) is 17.5 Å². The monoisotopic (exact) mass is 283 g/mol. The molecule has 1 aliphatic rings. The Morgan fingerprint density at radius 3 is 2.50 bits per heavy atom. The minimum Gasteiger partial charge on any atom is -0.403 e. The molecule has 0 radical (unpaired) electrons. The zero-order valence-electron chi connectivity index (χ0n) is 11.1. The van der Waals surface area contributed by atoms with Crippen LogP contribution < -0.4 is 20.9 Å². The van der Waals surface area contributed by atoms with Crippen LogP contribution in [0.15, 0.2) is 23.3 Å². The van der Waals surface area contributed by atoms with Crippen molar-refractivity contribution >= 4 is 11.9 Å². The number of rotatable bonds is 3. The minimum atomic E-state index is -3.64. The second kappa shape index (κ2) is 5.09. The van der Waals surface area contributed by atoms with Crippen LogP contribution in [0.3, 0.4) is 0 Å². The molecular formula is C13H15F2N3O2. The van der Waals surface area contributed by atoms with Gasteiger partial charge in [-0.2, -0.15) is 0 Å². The number of aryl methyl sites for hydroxylation is 1. The van der Waals surface area contributed by atoms with Crippen molar-refractivity contribution in [2.45, 2.75) is 26.2 Å². The maximum Gasteiger partial charge on any atom is 0.586 e. The van der Waals surface area contributed by atoms with E-state index in [1.54, 1.807) is 13.8 Å². The fourth-order valence-corrected chi connectivity index (χ4v) is 1.77. The van der Waals surface area contributed by atoms with Crippen LogP contribution in [0.2, 0.25) is 0 Å². The van der Waals surface area contributed by atoms with E-state index in [1.165, 1.54) is 24.5 Å². The summed E-state index contributed by atoms with van der Waals surface area (Å²) in [6.07, 6.45) is -0.853. The summed E-state index contributed by atoms with van der Waals surface area (Å²) in [7, 11) is 0. The largest absolute Gasteiger partial charge is 0.586 e. The van der Waals surface area contributed by atoms with Gasteiger partial charge in [0.05, 0.1) is 5.70 Å². The van der Waals surface area contributed by atoms with Crippen LogP contribution >= 0.6 is 0 Å². The molecule has 1 aliphatic heterocycles. The number of hydrogen-bond acceptors (Lipinski definition) is 5. The first-order valence-electron chi connectivity index (χ1n) is 5.95. The zero-order chi connectivity index (χ0) is 14.9. The van der Waals surface area contributed by atoms with Crippen LogP contribution in [0, 0.1) is 6.92 Å². The predicted octanol–water partition coefficient (Wildman–Crippen LogP) is 1.99. The van der Waals surface area contributed by atoms with Crippen LogP contribution in [0.25, 0.3) is 5.70 Å². The van der Waals surface area contributed by atoms with E-state index >= 15 is 0 Å². The number of alkyl halides is 2. The Bertz CT molecular complexity index is 583. The molecule has 0 fully saturated rings. The van der Waals surface area contributed by atoms with Crippen molar-refractivity contribution in [3.05, 3.63) is 29.5 Å². The fraction of sp³-hybridized carbons (Fsp3) is 0.308. The van der Waals surface area contributed by atoms with Gasteiger partial charge in [-0.3, -0.25) is 4.99 Å². The lowest BCUT2D eigenvalue weighted by Gasteiger charge is -2.07. The van der Waals surface area contributed by atoms with Crippen molar-refractivity contribution in [2.75, 3.05) is 0 Å². The maximum absolute atomic E-state index is 13.0. The molecule has 5 nitrogen and oxygen atoms in total. The first-order valence-corrected chi connectivity index (χ1v) is 5.95. The van der Waals surface area contributed by atoms with E-state index in [1.807, 2.05) is 0 Å². The highest BCUT2D eigenvalue weighted by molar-refractivity contribution is 5.78. The Balaban J connectivity index is 2.39. The zero-order valence-corrected chi connectivity index (χ0v) is 11.1. The van der Waals surface area contributed by atoms with Crippen LogP contribution in [0.5, 0.6) is 11.5 Å². The predicted molar refractivity (Wildman–Crippen MR) is 71.7 cm³/mol. The number of aliphatic imine (C=N–C) groups is 1. The molecule has 4 N–H and O–H groups in total. The van der Waals surface area contributed by atoms with Crippen molar-refractivity contribution in [2.24, 2.45) is 16.5 Å². The summed E-state index contributed by atoms with van der Waals surface area (Å²) in [5.74, 6) is -0.0604. The first kappa shape index (κ1) is 14.3. The lowest BCUT2D eigenvalue weighted by molar-refractivity contribution is -0.286. The summed E-state index contributed by atoms with van der Waals surface area (Å²) in [6.45, 7) is 3.49. The molecule has 0 saturated carbocycles. The molecule has 1 aromatic rings. The fourth-order valence-electron chi connectivity index (χ4n) is 1.77. The van der Waals surface area contributed by atoms with Crippen molar-refractivity contribution in [1.29, 1.82) is 0 Å². The molecule has 108 valence electrons. The molecule has 1 atom stereocenters. The van der Waals surface area contributed by atoms with Gasteiger partial charge in [0.15, 0.2) is 11.5 Å². The van der Waals surface area contributed by atoms with Gasteiger partial charge in [0.1, 0.15) is 0 Å². The molecule has 0 amide bonds. The Morgan fingerprint density at radius 2 is 1.95 bits per heavy atom. The van der Waals surface area contributed by atoms with Crippen molar-refractivity contribution in [3.8, 4) is 11.5 Å². The molecule has 1 heterocycles. The summed E-state index contributed by atoms with van der Waals surface area (Å²) < 4.78 is 34.8. The molecule has 0 aromatic heterocycles. The average molecular weight is 283 g/mol.